The highest BCUT2D eigenvalue weighted by Gasteiger charge is 2.03. The van der Waals surface area contributed by atoms with E-state index in [1.165, 1.54) is 0 Å². The van der Waals surface area contributed by atoms with Gasteiger partial charge in [-0.25, -0.2) is 4.98 Å². The van der Waals surface area contributed by atoms with Gasteiger partial charge in [0.25, 0.3) is 0 Å². The van der Waals surface area contributed by atoms with E-state index in [2.05, 4.69) is 56.6 Å². The van der Waals surface area contributed by atoms with Gasteiger partial charge in [-0.3, -0.25) is 9.67 Å². The van der Waals surface area contributed by atoms with Crippen LogP contribution in [0.1, 0.15) is 25.8 Å². The van der Waals surface area contributed by atoms with E-state index in [-0.39, 0.29) is 0 Å². The topological polar surface area (TPSA) is 70.4 Å². The van der Waals surface area contributed by atoms with Gasteiger partial charge in [-0.1, -0.05) is 6.07 Å². The summed E-state index contributed by atoms with van der Waals surface area (Å²) in [4.78, 5) is 11.0. The third-order valence-electron chi connectivity index (χ3n) is 4.00. The van der Waals surface area contributed by atoms with Crippen molar-refractivity contribution in [2.75, 3.05) is 31.6 Å². The molecule has 0 atom stereocenters. The summed E-state index contributed by atoms with van der Waals surface area (Å²) in [5, 5.41) is 10.8. The number of rotatable bonds is 9. The maximum atomic E-state index is 4.54. The van der Waals surface area contributed by atoms with Crippen molar-refractivity contribution in [3.8, 4) is 0 Å². The van der Waals surface area contributed by atoms with Crippen molar-refractivity contribution >= 4 is 11.8 Å². The highest BCUT2D eigenvalue weighted by atomic mass is 15.3. The fraction of sp³-hybridized carbons (Fsp3) is 0.500. The van der Waals surface area contributed by atoms with Gasteiger partial charge >= 0.3 is 0 Å². The third kappa shape index (κ3) is 6.10. The van der Waals surface area contributed by atoms with Crippen molar-refractivity contribution in [1.29, 1.82) is 0 Å². The molecule has 7 heteroatoms. The first kappa shape index (κ1) is 18.8. The monoisotopic (exact) mass is 343 g/mol. The van der Waals surface area contributed by atoms with E-state index in [4.69, 9.17) is 0 Å². The molecule has 7 nitrogen and oxygen atoms in total. The number of nitrogens with one attached hydrogen (secondary N) is 2. The van der Waals surface area contributed by atoms with Crippen LogP contribution in [0.15, 0.2) is 41.8 Å². The van der Waals surface area contributed by atoms with Crippen LogP contribution in [-0.4, -0.2) is 47.4 Å². The summed E-state index contributed by atoms with van der Waals surface area (Å²) in [5.74, 6) is 1.82. The van der Waals surface area contributed by atoms with Gasteiger partial charge in [0, 0.05) is 58.4 Å². The third-order valence-corrected chi connectivity index (χ3v) is 4.00. The Morgan fingerprint density at radius 3 is 2.68 bits per heavy atom. The van der Waals surface area contributed by atoms with Gasteiger partial charge in [0.1, 0.15) is 5.82 Å². The lowest BCUT2D eigenvalue weighted by Crippen LogP contribution is -2.37. The first-order valence-electron chi connectivity index (χ1n) is 8.88. The minimum atomic E-state index is 0.699. The largest absolute Gasteiger partial charge is 0.357 e. The van der Waals surface area contributed by atoms with E-state index >= 15 is 0 Å². The quantitative estimate of drug-likeness (QED) is 0.413. The standard InChI is InChI=1S/C18H29N7/c1-4-24(5-2)17-9-8-16(14-21-17)15-22-18(19-3)20-10-6-12-25-13-7-11-23-25/h7-9,11,13-14H,4-6,10,12,15H2,1-3H3,(H2,19,20,22). The van der Waals surface area contributed by atoms with Crippen LogP contribution in [0.3, 0.4) is 0 Å². The van der Waals surface area contributed by atoms with Crippen LogP contribution in [0.5, 0.6) is 0 Å². The van der Waals surface area contributed by atoms with Gasteiger partial charge in [-0.2, -0.15) is 5.10 Å². The second-order valence-corrected chi connectivity index (χ2v) is 5.67. The molecule has 136 valence electrons. The summed E-state index contributed by atoms with van der Waals surface area (Å²) >= 11 is 0. The van der Waals surface area contributed by atoms with Crippen molar-refractivity contribution in [3.63, 3.8) is 0 Å². The molecule has 2 rings (SSSR count). The zero-order valence-electron chi connectivity index (χ0n) is 15.4. The summed E-state index contributed by atoms with van der Waals surface area (Å²) in [7, 11) is 1.78. The Balaban J connectivity index is 1.72. The Bertz CT molecular complexity index is 615. The maximum absolute atomic E-state index is 4.54. The summed E-state index contributed by atoms with van der Waals surface area (Å²) in [6.45, 7) is 8.66. The van der Waals surface area contributed by atoms with Crippen LogP contribution in [-0.2, 0) is 13.1 Å². The average molecular weight is 343 g/mol. The van der Waals surface area contributed by atoms with Crippen LogP contribution in [0, 0.1) is 0 Å². The molecule has 2 aromatic rings. The molecule has 0 radical (unpaired) electrons. The molecular formula is C18H29N7. The number of hydrogen-bond acceptors (Lipinski definition) is 4. The lowest BCUT2D eigenvalue weighted by molar-refractivity contribution is 0.570. The minimum Gasteiger partial charge on any atom is -0.357 e. The van der Waals surface area contributed by atoms with Crippen LogP contribution in [0.25, 0.3) is 0 Å². The smallest absolute Gasteiger partial charge is 0.191 e. The van der Waals surface area contributed by atoms with Crippen molar-refractivity contribution in [2.45, 2.75) is 33.4 Å². The number of guanidine groups is 1. The van der Waals surface area contributed by atoms with Gasteiger partial charge in [-0.15, -0.1) is 0 Å². The Morgan fingerprint density at radius 1 is 1.24 bits per heavy atom. The summed E-state index contributed by atoms with van der Waals surface area (Å²) < 4.78 is 1.93. The van der Waals surface area contributed by atoms with E-state index in [1.54, 1.807) is 13.2 Å². The molecular weight excluding hydrogens is 314 g/mol. The Morgan fingerprint density at radius 2 is 2.08 bits per heavy atom. The molecule has 0 amide bonds. The van der Waals surface area contributed by atoms with Crippen molar-refractivity contribution in [3.05, 3.63) is 42.4 Å². The first-order chi connectivity index (χ1) is 12.3. The van der Waals surface area contributed by atoms with Crippen LogP contribution < -0.4 is 15.5 Å². The number of aliphatic imine (C=N–C) groups is 1. The second-order valence-electron chi connectivity index (χ2n) is 5.67. The van der Waals surface area contributed by atoms with Gasteiger partial charge in [0.2, 0.25) is 0 Å². The van der Waals surface area contributed by atoms with Gasteiger partial charge in [0.05, 0.1) is 0 Å². The molecule has 2 heterocycles. The molecule has 2 aromatic heterocycles. The molecule has 0 spiro atoms. The molecule has 0 aliphatic carbocycles. The molecule has 0 unspecified atom stereocenters. The van der Waals surface area contributed by atoms with Crippen LogP contribution in [0.2, 0.25) is 0 Å². The maximum Gasteiger partial charge on any atom is 0.191 e. The minimum absolute atomic E-state index is 0.699. The number of nitrogens with zero attached hydrogens (tertiary/aromatic N) is 5. The fourth-order valence-electron chi connectivity index (χ4n) is 2.54. The van der Waals surface area contributed by atoms with Crippen molar-refractivity contribution in [2.24, 2.45) is 4.99 Å². The van der Waals surface area contributed by atoms with E-state index in [0.717, 1.165) is 49.9 Å². The number of aryl methyl sites for hydroxylation is 1. The van der Waals surface area contributed by atoms with Crippen molar-refractivity contribution < 1.29 is 0 Å². The van der Waals surface area contributed by atoms with E-state index in [1.807, 2.05) is 23.1 Å². The highest BCUT2D eigenvalue weighted by molar-refractivity contribution is 5.79. The summed E-state index contributed by atoms with van der Waals surface area (Å²) in [6, 6.07) is 6.12. The predicted molar refractivity (Wildman–Crippen MR) is 103 cm³/mol. The average Bonchev–Trinajstić information content (AvgIpc) is 3.17. The lowest BCUT2D eigenvalue weighted by Gasteiger charge is -2.19. The number of anilines is 1. The summed E-state index contributed by atoms with van der Waals surface area (Å²) in [5.41, 5.74) is 1.13. The lowest BCUT2D eigenvalue weighted by atomic mass is 10.2. The molecule has 0 aliphatic heterocycles. The number of pyridine rings is 1. The van der Waals surface area contributed by atoms with E-state index in [0.29, 0.717) is 6.54 Å². The normalized spacial score (nSPS) is 11.4. The Labute approximate surface area is 150 Å². The van der Waals surface area contributed by atoms with Gasteiger partial charge in [-0.05, 0) is 38.0 Å². The van der Waals surface area contributed by atoms with Gasteiger partial charge in [0.15, 0.2) is 5.96 Å². The Kier molecular flexibility index (Phi) is 7.75. The fourth-order valence-corrected chi connectivity index (χ4v) is 2.54. The molecule has 2 N–H and O–H groups in total. The molecule has 0 aromatic carbocycles. The number of hydrogen-bond donors (Lipinski definition) is 2. The van der Waals surface area contributed by atoms with Crippen molar-refractivity contribution in [1.82, 2.24) is 25.4 Å². The molecule has 0 fully saturated rings. The molecule has 25 heavy (non-hydrogen) atoms. The number of aromatic nitrogens is 3. The highest BCUT2D eigenvalue weighted by Crippen LogP contribution is 2.10. The molecule has 0 saturated carbocycles. The zero-order chi connectivity index (χ0) is 17.9. The second kappa shape index (κ2) is 10.3. The van der Waals surface area contributed by atoms with E-state index < -0.39 is 0 Å². The van der Waals surface area contributed by atoms with Crippen LogP contribution in [0.4, 0.5) is 5.82 Å². The summed E-state index contributed by atoms with van der Waals surface area (Å²) in [6.07, 6.45) is 6.68. The first-order valence-corrected chi connectivity index (χ1v) is 8.88. The Hall–Kier alpha value is -2.57. The zero-order valence-corrected chi connectivity index (χ0v) is 15.4. The van der Waals surface area contributed by atoms with Gasteiger partial charge < -0.3 is 15.5 Å². The molecule has 0 bridgehead atoms. The van der Waals surface area contributed by atoms with Crippen LogP contribution >= 0.6 is 0 Å². The molecule has 0 aliphatic rings. The SMILES string of the molecule is CCN(CC)c1ccc(CNC(=NC)NCCCn2cccn2)cn1. The molecule has 0 saturated heterocycles. The predicted octanol–water partition coefficient (Wildman–Crippen LogP) is 1.88. The van der Waals surface area contributed by atoms with E-state index in [9.17, 15) is 0 Å².